The Bertz CT molecular complexity index is 619. The Kier molecular flexibility index (Phi) is 5.22. The summed E-state index contributed by atoms with van der Waals surface area (Å²) in [6.07, 6.45) is 0. The summed E-state index contributed by atoms with van der Waals surface area (Å²) in [5, 5.41) is 2.53. The van der Waals surface area contributed by atoms with Crippen LogP contribution in [0.2, 0.25) is 0 Å². The summed E-state index contributed by atoms with van der Waals surface area (Å²) in [5.74, 6) is 0.155. The second-order valence-electron chi connectivity index (χ2n) is 4.66. The Morgan fingerprint density at radius 1 is 1.29 bits per heavy atom. The fraction of sp³-hybridized carbons (Fsp3) is 0.188. The summed E-state index contributed by atoms with van der Waals surface area (Å²) >= 11 is 1.55. The van der Waals surface area contributed by atoms with Crippen LogP contribution in [-0.4, -0.2) is 11.2 Å². The monoisotopic (exact) mass is 304 g/mol. The summed E-state index contributed by atoms with van der Waals surface area (Å²) in [7, 11) is 0. The van der Waals surface area contributed by atoms with Gasteiger partial charge in [-0.15, -0.1) is 11.8 Å². The number of carbonyl (C=O) groups is 1. The zero-order valence-electron chi connectivity index (χ0n) is 11.7. The van der Waals surface area contributed by atoms with E-state index in [2.05, 4.69) is 5.32 Å². The lowest BCUT2D eigenvalue weighted by atomic mass is 10.2. The summed E-state index contributed by atoms with van der Waals surface area (Å²) in [5.41, 5.74) is 7.18. The van der Waals surface area contributed by atoms with Gasteiger partial charge in [-0.05, 0) is 30.7 Å². The first-order valence-electron chi connectivity index (χ1n) is 6.57. The van der Waals surface area contributed by atoms with Gasteiger partial charge in [-0.1, -0.05) is 30.3 Å². The Morgan fingerprint density at radius 2 is 2.00 bits per heavy atom. The molecule has 2 aromatic rings. The smallest absolute Gasteiger partial charge is 0.237 e. The number of thioether (sulfide) groups is 1. The molecule has 3 nitrogen and oxygen atoms in total. The Labute approximate surface area is 127 Å². The highest BCUT2D eigenvalue weighted by molar-refractivity contribution is 7.99. The molecule has 1 unspecified atom stereocenters. The number of rotatable bonds is 5. The van der Waals surface area contributed by atoms with Crippen molar-refractivity contribution in [3.63, 3.8) is 0 Å². The summed E-state index contributed by atoms with van der Waals surface area (Å²) in [4.78, 5) is 12.1. The van der Waals surface area contributed by atoms with Gasteiger partial charge in [0.2, 0.25) is 5.91 Å². The largest absolute Gasteiger partial charge is 0.396 e. The third-order valence-corrected chi connectivity index (χ3v) is 4.19. The number of hydrogen-bond donors (Lipinski definition) is 2. The molecule has 1 amide bonds. The molecule has 0 fully saturated rings. The number of hydrogen-bond acceptors (Lipinski definition) is 3. The van der Waals surface area contributed by atoms with Crippen LogP contribution < -0.4 is 11.1 Å². The van der Waals surface area contributed by atoms with E-state index in [-0.39, 0.29) is 16.8 Å². The molecule has 3 N–H and O–H groups in total. The molecule has 0 spiro atoms. The zero-order valence-corrected chi connectivity index (χ0v) is 12.5. The van der Waals surface area contributed by atoms with Crippen LogP contribution in [-0.2, 0) is 10.5 Å². The van der Waals surface area contributed by atoms with E-state index in [9.17, 15) is 9.18 Å². The van der Waals surface area contributed by atoms with E-state index in [0.717, 1.165) is 5.75 Å². The highest BCUT2D eigenvalue weighted by Gasteiger charge is 2.14. The number of nitrogen functional groups attached to an aromatic ring is 1. The number of carbonyl (C=O) groups excluding carboxylic acids is 1. The van der Waals surface area contributed by atoms with Crippen LogP contribution in [0.3, 0.4) is 0 Å². The van der Waals surface area contributed by atoms with Crippen molar-refractivity contribution in [2.24, 2.45) is 0 Å². The van der Waals surface area contributed by atoms with E-state index >= 15 is 0 Å². The molecule has 0 saturated heterocycles. The first-order valence-corrected chi connectivity index (χ1v) is 7.62. The van der Waals surface area contributed by atoms with E-state index in [4.69, 9.17) is 5.73 Å². The quantitative estimate of drug-likeness (QED) is 0.829. The number of amides is 1. The predicted molar refractivity (Wildman–Crippen MR) is 86.6 cm³/mol. The van der Waals surface area contributed by atoms with Gasteiger partial charge in [-0.3, -0.25) is 4.79 Å². The fourth-order valence-corrected chi connectivity index (χ4v) is 2.58. The normalized spacial score (nSPS) is 11.9. The molecule has 0 aliphatic carbocycles. The first kappa shape index (κ1) is 15.4. The maximum absolute atomic E-state index is 13.1. The molecule has 0 aliphatic rings. The van der Waals surface area contributed by atoms with Gasteiger partial charge < -0.3 is 11.1 Å². The van der Waals surface area contributed by atoms with Crippen molar-refractivity contribution in [2.75, 3.05) is 11.1 Å². The van der Waals surface area contributed by atoms with Crippen molar-refractivity contribution in [1.82, 2.24) is 0 Å². The van der Waals surface area contributed by atoms with E-state index in [1.165, 1.54) is 23.8 Å². The SMILES string of the molecule is CC(SCc1ccccc1)C(=O)Nc1ccc(F)c(N)c1. The number of anilines is 2. The molecule has 2 aromatic carbocycles. The number of nitrogens with two attached hydrogens (primary N) is 1. The van der Waals surface area contributed by atoms with Crippen molar-refractivity contribution >= 4 is 29.0 Å². The fourth-order valence-electron chi connectivity index (χ4n) is 1.74. The summed E-state index contributed by atoms with van der Waals surface area (Å²) in [6, 6.07) is 14.1. The van der Waals surface area contributed by atoms with Gasteiger partial charge in [0.15, 0.2) is 0 Å². The third-order valence-electron chi connectivity index (χ3n) is 2.98. The average Bonchev–Trinajstić information content (AvgIpc) is 2.49. The minimum absolute atomic E-state index is 0.0254. The van der Waals surface area contributed by atoms with Crippen molar-refractivity contribution in [3.05, 3.63) is 59.9 Å². The lowest BCUT2D eigenvalue weighted by molar-refractivity contribution is -0.115. The van der Waals surface area contributed by atoms with Crippen molar-refractivity contribution in [1.29, 1.82) is 0 Å². The van der Waals surface area contributed by atoms with Crippen molar-refractivity contribution in [2.45, 2.75) is 17.9 Å². The van der Waals surface area contributed by atoms with Gasteiger partial charge in [0.05, 0.1) is 10.9 Å². The zero-order chi connectivity index (χ0) is 15.2. The molecule has 110 valence electrons. The number of benzene rings is 2. The molecule has 0 heterocycles. The van der Waals surface area contributed by atoms with Crippen LogP contribution >= 0.6 is 11.8 Å². The minimum atomic E-state index is -0.487. The molecule has 0 radical (unpaired) electrons. The molecule has 21 heavy (non-hydrogen) atoms. The van der Waals surface area contributed by atoms with Crippen molar-refractivity contribution in [3.8, 4) is 0 Å². The molecule has 2 rings (SSSR count). The third kappa shape index (κ3) is 4.49. The van der Waals surface area contributed by atoms with E-state index < -0.39 is 5.82 Å². The molecule has 0 aliphatic heterocycles. The second-order valence-corrected chi connectivity index (χ2v) is 5.99. The molecule has 5 heteroatoms. The Morgan fingerprint density at radius 3 is 2.67 bits per heavy atom. The topological polar surface area (TPSA) is 55.1 Å². The van der Waals surface area contributed by atoms with Crippen LogP contribution in [0.25, 0.3) is 0 Å². The van der Waals surface area contributed by atoms with Gasteiger partial charge in [-0.2, -0.15) is 0 Å². The van der Waals surface area contributed by atoms with Gasteiger partial charge in [0, 0.05) is 11.4 Å². The lowest BCUT2D eigenvalue weighted by Gasteiger charge is -2.12. The minimum Gasteiger partial charge on any atom is -0.396 e. The van der Waals surface area contributed by atoms with Gasteiger partial charge in [0.1, 0.15) is 5.82 Å². The Hall–Kier alpha value is -2.01. The molecular weight excluding hydrogens is 287 g/mol. The molecular formula is C16H17FN2OS. The summed E-state index contributed by atoms with van der Waals surface area (Å²) < 4.78 is 13.1. The molecule has 1 atom stereocenters. The van der Waals surface area contributed by atoms with Crippen LogP contribution in [0.15, 0.2) is 48.5 Å². The van der Waals surface area contributed by atoms with Crippen LogP contribution in [0.4, 0.5) is 15.8 Å². The molecule has 0 aromatic heterocycles. The average molecular weight is 304 g/mol. The van der Waals surface area contributed by atoms with Crippen LogP contribution in [0.5, 0.6) is 0 Å². The Balaban J connectivity index is 1.89. The van der Waals surface area contributed by atoms with E-state index in [1.54, 1.807) is 11.8 Å². The lowest BCUT2D eigenvalue weighted by Crippen LogP contribution is -2.22. The number of halogens is 1. The molecule has 0 bridgehead atoms. The van der Waals surface area contributed by atoms with Crippen LogP contribution in [0.1, 0.15) is 12.5 Å². The maximum atomic E-state index is 13.1. The first-order chi connectivity index (χ1) is 10.1. The van der Waals surface area contributed by atoms with Crippen LogP contribution in [0, 0.1) is 5.82 Å². The molecule has 0 saturated carbocycles. The maximum Gasteiger partial charge on any atom is 0.237 e. The van der Waals surface area contributed by atoms with E-state index in [0.29, 0.717) is 5.69 Å². The van der Waals surface area contributed by atoms with Gasteiger partial charge in [0.25, 0.3) is 0 Å². The number of nitrogens with one attached hydrogen (secondary N) is 1. The highest BCUT2D eigenvalue weighted by Crippen LogP contribution is 2.21. The van der Waals surface area contributed by atoms with Crippen molar-refractivity contribution < 1.29 is 9.18 Å². The van der Waals surface area contributed by atoms with E-state index in [1.807, 2.05) is 37.3 Å². The van der Waals surface area contributed by atoms with Gasteiger partial charge >= 0.3 is 0 Å². The standard InChI is InChI=1S/C16H17FN2OS/c1-11(21-10-12-5-3-2-4-6-12)16(20)19-13-7-8-14(17)15(18)9-13/h2-9,11H,10,18H2,1H3,(H,19,20). The second kappa shape index (κ2) is 7.13. The summed E-state index contributed by atoms with van der Waals surface area (Å²) in [6.45, 7) is 1.84. The predicted octanol–water partition coefficient (Wildman–Crippen LogP) is 3.67. The highest BCUT2D eigenvalue weighted by atomic mass is 32.2. The van der Waals surface area contributed by atoms with Gasteiger partial charge in [-0.25, -0.2) is 4.39 Å².